The van der Waals surface area contributed by atoms with Crippen LogP contribution < -0.4 is 9.64 Å². The molecule has 0 saturated carbocycles. The molecule has 35 heavy (non-hydrogen) atoms. The van der Waals surface area contributed by atoms with Gasteiger partial charge in [-0.05, 0) is 61.6 Å². The first-order valence-corrected chi connectivity index (χ1v) is 13.2. The molecule has 0 radical (unpaired) electrons. The predicted octanol–water partition coefficient (Wildman–Crippen LogP) is 5.21. The first-order valence-electron chi connectivity index (χ1n) is 13.2. The van der Waals surface area contributed by atoms with Gasteiger partial charge in [0.05, 0.1) is 13.0 Å². The Morgan fingerprint density at radius 3 is 2.60 bits per heavy atom. The van der Waals surface area contributed by atoms with Crippen molar-refractivity contribution in [3.63, 3.8) is 0 Å². The van der Waals surface area contributed by atoms with E-state index in [0.29, 0.717) is 30.0 Å². The minimum Gasteiger partial charge on any atom is -0.491 e. The van der Waals surface area contributed by atoms with Crippen LogP contribution in [0.25, 0.3) is 0 Å². The van der Waals surface area contributed by atoms with Crippen molar-refractivity contribution in [3.8, 4) is 5.75 Å². The normalized spacial score (nSPS) is 17.5. The third kappa shape index (κ3) is 6.73. The van der Waals surface area contributed by atoms with Crippen molar-refractivity contribution in [2.45, 2.75) is 71.6 Å². The van der Waals surface area contributed by atoms with Crippen molar-refractivity contribution in [2.24, 2.45) is 11.8 Å². The van der Waals surface area contributed by atoms with Gasteiger partial charge in [0.15, 0.2) is 17.4 Å². The van der Waals surface area contributed by atoms with Crippen molar-refractivity contribution >= 4 is 11.9 Å². The van der Waals surface area contributed by atoms with Gasteiger partial charge in [-0.3, -0.25) is 4.79 Å². The van der Waals surface area contributed by atoms with Crippen LogP contribution >= 0.6 is 0 Å². The monoisotopic (exact) mass is 486 g/mol. The number of ether oxygens (including phenoxy) is 1. The molecule has 2 saturated heterocycles. The molecule has 3 heterocycles. The summed E-state index contributed by atoms with van der Waals surface area (Å²) < 4.78 is 25.8. The fraction of sp³-hybridized carbons (Fsp3) is 0.667. The Bertz CT molecular complexity index is 967. The molecule has 1 atom stereocenters. The highest BCUT2D eigenvalue weighted by Gasteiger charge is 2.25. The number of hydrogen-bond acceptors (Lipinski definition) is 6. The number of anilines is 1. The molecule has 2 aliphatic heterocycles. The number of halogens is 1. The van der Waals surface area contributed by atoms with Crippen LogP contribution in [-0.2, 0) is 11.2 Å². The van der Waals surface area contributed by atoms with E-state index in [1.165, 1.54) is 6.07 Å². The van der Waals surface area contributed by atoms with Gasteiger partial charge in [-0.15, -0.1) is 0 Å². The molecule has 0 N–H and O–H groups in total. The van der Waals surface area contributed by atoms with Gasteiger partial charge < -0.3 is 19.1 Å². The van der Waals surface area contributed by atoms with E-state index >= 15 is 0 Å². The molecule has 2 fully saturated rings. The third-order valence-corrected chi connectivity index (χ3v) is 7.42. The van der Waals surface area contributed by atoms with Crippen molar-refractivity contribution < 1.29 is 18.4 Å². The minimum absolute atomic E-state index is 0.0679. The molecule has 192 valence electrons. The molecule has 1 aromatic heterocycles. The molecule has 0 bridgehead atoms. The van der Waals surface area contributed by atoms with Gasteiger partial charge in [0, 0.05) is 32.1 Å². The zero-order valence-electron chi connectivity index (χ0n) is 21.3. The molecule has 1 aromatic carbocycles. The Morgan fingerprint density at radius 2 is 2.00 bits per heavy atom. The number of nitrogens with zero attached hydrogens (tertiary/aromatic N) is 4. The summed E-state index contributed by atoms with van der Waals surface area (Å²) in [6.45, 7) is 10.4. The zero-order chi connectivity index (χ0) is 24.8. The Kier molecular flexibility index (Phi) is 8.63. The fourth-order valence-corrected chi connectivity index (χ4v) is 4.87. The maximum absolute atomic E-state index is 14.5. The van der Waals surface area contributed by atoms with E-state index in [-0.39, 0.29) is 29.8 Å². The standard InChI is InChI=1S/C27H39FN4O3/c1-4-20(16-21-8-13-32(14-9-21)27-29-26(19(2)3)30-35-27)10-15-34-24-7-6-22(17-23(24)28)18-25(33)31-11-5-12-31/h6-7,17,19-21H,4-5,8-16,18H2,1-3H3/t20-/m0/s1. The largest absolute Gasteiger partial charge is 0.491 e. The number of rotatable bonds is 11. The van der Waals surface area contributed by atoms with Crippen LogP contribution in [0.15, 0.2) is 22.7 Å². The van der Waals surface area contributed by atoms with Gasteiger partial charge in [0.1, 0.15) is 0 Å². The number of hydrogen-bond donors (Lipinski definition) is 0. The second-order valence-electron chi connectivity index (χ2n) is 10.3. The van der Waals surface area contributed by atoms with Gasteiger partial charge in [0.25, 0.3) is 0 Å². The lowest BCUT2D eigenvalue weighted by Crippen LogP contribution is -2.42. The summed E-state index contributed by atoms with van der Waals surface area (Å²) in [7, 11) is 0. The third-order valence-electron chi connectivity index (χ3n) is 7.42. The van der Waals surface area contributed by atoms with Gasteiger partial charge in [0.2, 0.25) is 5.91 Å². The Morgan fingerprint density at radius 1 is 1.23 bits per heavy atom. The smallest absolute Gasteiger partial charge is 0.324 e. The van der Waals surface area contributed by atoms with Crippen molar-refractivity contribution in [1.82, 2.24) is 15.0 Å². The number of carbonyl (C=O) groups is 1. The lowest BCUT2D eigenvalue weighted by atomic mass is 9.85. The highest BCUT2D eigenvalue weighted by Crippen LogP contribution is 2.30. The van der Waals surface area contributed by atoms with E-state index < -0.39 is 0 Å². The second-order valence-corrected chi connectivity index (χ2v) is 10.3. The first kappa shape index (κ1) is 25.5. The van der Waals surface area contributed by atoms with Crippen LogP contribution in [0, 0.1) is 17.7 Å². The number of benzene rings is 1. The molecule has 2 aromatic rings. The molecular weight excluding hydrogens is 447 g/mol. The molecule has 0 unspecified atom stereocenters. The molecule has 4 rings (SSSR count). The SMILES string of the molecule is CC[C@@H](CCOc1ccc(CC(=O)N2CCC2)cc1F)CC1CCN(c2nc(C(C)C)no2)CC1. The topological polar surface area (TPSA) is 71.7 Å². The highest BCUT2D eigenvalue weighted by atomic mass is 19.1. The van der Waals surface area contributed by atoms with Crippen molar-refractivity contribution in [1.29, 1.82) is 0 Å². The maximum Gasteiger partial charge on any atom is 0.324 e. The number of piperidine rings is 1. The second kappa shape index (κ2) is 11.9. The molecule has 0 spiro atoms. The van der Waals surface area contributed by atoms with E-state index in [4.69, 9.17) is 9.26 Å². The Balaban J connectivity index is 1.18. The van der Waals surface area contributed by atoms with E-state index in [9.17, 15) is 9.18 Å². The average molecular weight is 487 g/mol. The van der Waals surface area contributed by atoms with Crippen LogP contribution in [-0.4, -0.2) is 53.7 Å². The van der Waals surface area contributed by atoms with Crippen LogP contribution in [0.1, 0.15) is 76.6 Å². The molecular formula is C27H39FN4O3. The van der Waals surface area contributed by atoms with Crippen molar-refractivity contribution in [3.05, 3.63) is 35.4 Å². The molecule has 7 nitrogen and oxygen atoms in total. The summed E-state index contributed by atoms with van der Waals surface area (Å²) in [6, 6.07) is 5.54. The van der Waals surface area contributed by atoms with E-state index in [1.807, 2.05) is 4.90 Å². The molecule has 0 aliphatic carbocycles. The predicted molar refractivity (Wildman–Crippen MR) is 133 cm³/mol. The van der Waals surface area contributed by atoms with Gasteiger partial charge in [-0.1, -0.05) is 38.4 Å². The first-order chi connectivity index (χ1) is 16.9. The van der Waals surface area contributed by atoms with Gasteiger partial charge in [-0.2, -0.15) is 4.98 Å². The molecule has 1 amide bonds. The number of likely N-dealkylation sites (tertiary alicyclic amines) is 1. The van der Waals surface area contributed by atoms with E-state index in [0.717, 1.165) is 70.5 Å². The fourth-order valence-electron chi connectivity index (χ4n) is 4.87. The van der Waals surface area contributed by atoms with E-state index in [1.54, 1.807) is 12.1 Å². The van der Waals surface area contributed by atoms with Crippen LogP contribution in [0.5, 0.6) is 5.75 Å². The summed E-state index contributed by atoms with van der Waals surface area (Å²) in [6.07, 6.45) is 6.70. The summed E-state index contributed by atoms with van der Waals surface area (Å²) in [4.78, 5) is 20.6. The zero-order valence-corrected chi connectivity index (χ0v) is 21.3. The van der Waals surface area contributed by atoms with Crippen LogP contribution in [0.2, 0.25) is 0 Å². The summed E-state index contributed by atoms with van der Waals surface area (Å²) in [5, 5.41) is 4.08. The highest BCUT2D eigenvalue weighted by molar-refractivity contribution is 5.79. The quantitative estimate of drug-likeness (QED) is 0.434. The minimum atomic E-state index is -0.388. The number of amides is 1. The van der Waals surface area contributed by atoms with Crippen molar-refractivity contribution in [2.75, 3.05) is 37.7 Å². The maximum atomic E-state index is 14.5. The lowest BCUT2D eigenvalue weighted by Gasteiger charge is -2.32. The van der Waals surface area contributed by atoms with Crippen LogP contribution in [0.4, 0.5) is 10.4 Å². The van der Waals surface area contributed by atoms with E-state index in [2.05, 4.69) is 35.8 Å². The summed E-state index contributed by atoms with van der Waals surface area (Å²) in [5.74, 6) is 2.21. The summed E-state index contributed by atoms with van der Waals surface area (Å²) in [5.41, 5.74) is 0.700. The number of carbonyl (C=O) groups excluding carboxylic acids is 1. The Hall–Kier alpha value is -2.64. The summed E-state index contributed by atoms with van der Waals surface area (Å²) >= 11 is 0. The molecule has 2 aliphatic rings. The average Bonchev–Trinajstić information content (AvgIpc) is 3.30. The van der Waals surface area contributed by atoms with Crippen LogP contribution in [0.3, 0.4) is 0 Å². The number of aromatic nitrogens is 2. The molecule has 8 heteroatoms. The Labute approximate surface area is 208 Å². The lowest BCUT2D eigenvalue weighted by molar-refractivity contribution is -0.133. The van der Waals surface area contributed by atoms with Gasteiger partial charge in [-0.25, -0.2) is 4.39 Å². The van der Waals surface area contributed by atoms with Gasteiger partial charge >= 0.3 is 6.01 Å².